The smallest absolute Gasteiger partial charge is 0.161 e. The van der Waals surface area contributed by atoms with Crippen LogP contribution in [0.2, 0.25) is 0 Å². The summed E-state index contributed by atoms with van der Waals surface area (Å²) in [5.41, 5.74) is 0. The summed E-state index contributed by atoms with van der Waals surface area (Å²) in [4.78, 5) is 0. The van der Waals surface area contributed by atoms with Gasteiger partial charge in [-0.25, -0.2) is 0 Å². The number of benzene rings is 1. The van der Waals surface area contributed by atoms with Crippen molar-refractivity contribution in [2.75, 3.05) is 26.8 Å². The molecule has 3 nitrogen and oxygen atoms in total. The minimum atomic E-state index is 0.631. The highest BCUT2D eigenvalue weighted by atomic mass is 16.5. The fourth-order valence-corrected chi connectivity index (χ4v) is 1.74. The van der Waals surface area contributed by atoms with Gasteiger partial charge in [0.05, 0.1) is 13.7 Å². The summed E-state index contributed by atoms with van der Waals surface area (Å²) in [5, 5.41) is 3.43. The summed E-state index contributed by atoms with van der Waals surface area (Å²) in [6.07, 6.45) is 2.24. The van der Waals surface area contributed by atoms with Gasteiger partial charge >= 0.3 is 0 Å². The lowest BCUT2D eigenvalue weighted by atomic mass is 10.1. The molecule has 1 rings (SSSR count). The summed E-state index contributed by atoms with van der Waals surface area (Å²) in [5.74, 6) is 2.26. The largest absolute Gasteiger partial charge is 0.493 e. The maximum Gasteiger partial charge on any atom is 0.161 e. The molecule has 0 saturated heterocycles. The average molecular weight is 251 g/mol. The van der Waals surface area contributed by atoms with Crippen molar-refractivity contribution in [3.05, 3.63) is 24.3 Å². The molecule has 102 valence electrons. The zero-order valence-corrected chi connectivity index (χ0v) is 11.7. The van der Waals surface area contributed by atoms with E-state index in [0.717, 1.165) is 37.6 Å². The quantitative estimate of drug-likeness (QED) is 0.684. The van der Waals surface area contributed by atoms with Crippen molar-refractivity contribution in [3.8, 4) is 11.5 Å². The SMILES string of the molecule is CCCNCC(C)CCOc1ccccc1OC. The van der Waals surface area contributed by atoms with Gasteiger partial charge in [-0.05, 0) is 44.0 Å². The lowest BCUT2D eigenvalue weighted by molar-refractivity contribution is 0.266. The van der Waals surface area contributed by atoms with E-state index in [9.17, 15) is 0 Å². The third-order valence-electron chi connectivity index (χ3n) is 2.86. The highest BCUT2D eigenvalue weighted by Crippen LogP contribution is 2.25. The molecule has 0 spiro atoms. The Balaban J connectivity index is 2.24. The van der Waals surface area contributed by atoms with Crippen LogP contribution in [0.25, 0.3) is 0 Å². The molecule has 0 heterocycles. The zero-order chi connectivity index (χ0) is 13.2. The van der Waals surface area contributed by atoms with Crippen molar-refractivity contribution in [3.63, 3.8) is 0 Å². The molecule has 0 saturated carbocycles. The molecule has 3 heteroatoms. The minimum Gasteiger partial charge on any atom is -0.493 e. The Morgan fingerprint density at radius 2 is 1.94 bits per heavy atom. The molecule has 1 aromatic rings. The number of nitrogens with one attached hydrogen (secondary N) is 1. The molecule has 0 aliphatic heterocycles. The van der Waals surface area contributed by atoms with Crippen LogP contribution in [-0.4, -0.2) is 26.8 Å². The fraction of sp³-hybridized carbons (Fsp3) is 0.600. The molecule has 18 heavy (non-hydrogen) atoms. The van der Waals surface area contributed by atoms with E-state index < -0.39 is 0 Å². The standard InChI is InChI=1S/C15H25NO2/c1-4-10-16-12-13(2)9-11-18-15-8-6-5-7-14(15)17-3/h5-8,13,16H,4,9-12H2,1-3H3. The van der Waals surface area contributed by atoms with Crippen molar-refractivity contribution in [1.82, 2.24) is 5.32 Å². The van der Waals surface area contributed by atoms with Gasteiger partial charge in [0.15, 0.2) is 11.5 Å². The maximum absolute atomic E-state index is 5.75. The van der Waals surface area contributed by atoms with Crippen LogP contribution in [0.3, 0.4) is 0 Å². The predicted octanol–water partition coefficient (Wildman–Crippen LogP) is 3.10. The molecule has 1 unspecified atom stereocenters. The molecular weight excluding hydrogens is 226 g/mol. The summed E-state index contributed by atoms with van der Waals surface area (Å²) >= 11 is 0. The van der Waals surface area contributed by atoms with Crippen LogP contribution < -0.4 is 14.8 Å². The summed E-state index contributed by atoms with van der Waals surface area (Å²) in [6, 6.07) is 7.77. The van der Waals surface area contributed by atoms with E-state index in [4.69, 9.17) is 9.47 Å². The molecule has 0 aromatic heterocycles. The molecule has 1 aromatic carbocycles. The molecule has 0 radical (unpaired) electrons. The lowest BCUT2D eigenvalue weighted by Gasteiger charge is -2.14. The van der Waals surface area contributed by atoms with Crippen LogP contribution in [-0.2, 0) is 0 Å². The Bertz CT molecular complexity index is 328. The number of para-hydroxylation sites is 2. The molecular formula is C15H25NO2. The number of methoxy groups -OCH3 is 1. The van der Waals surface area contributed by atoms with Crippen LogP contribution in [0, 0.1) is 5.92 Å². The Kier molecular flexibility index (Phi) is 7.26. The van der Waals surface area contributed by atoms with Gasteiger partial charge in [-0.3, -0.25) is 0 Å². The monoisotopic (exact) mass is 251 g/mol. The van der Waals surface area contributed by atoms with Gasteiger partial charge < -0.3 is 14.8 Å². The maximum atomic E-state index is 5.75. The second kappa shape index (κ2) is 8.81. The van der Waals surface area contributed by atoms with Crippen LogP contribution >= 0.6 is 0 Å². The van der Waals surface area contributed by atoms with Crippen molar-refractivity contribution in [2.24, 2.45) is 5.92 Å². The molecule has 0 fully saturated rings. The molecule has 0 aliphatic carbocycles. The van der Waals surface area contributed by atoms with E-state index in [1.807, 2.05) is 24.3 Å². The summed E-state index contributed by atoms with van der Waals surface area (Å²) < 4.78 is 11.0. The number of hydrogen-bond donors (Lipinski definition) is 1. The Morgan fingerprint density at radius 1 is 1.22 bits per heavy atom. The first-order chi connectivity index (χ1) is 8.77. The Morgan fingerprint density at radius 3 is 2.61 bits per heavy atom. The van der Waals surface area contributed by atoms with E-state index in [2.05, 4.69) is 19.2 Å². The van der Waals surface area contributed by atoms with E-state index in [0.29, 0.717) is 5.92 Å². The predicted molar refractivity (Wildman–Crippen MR) is 75.4 cm³/mol. The number of hydrogen-bond acceptors (Lipinski definition) is 3. The topological polar surface area (TPSA) is 30.5 Å². The van der Waals surface area contributed by atoms with Gasteiger partial charge in [0.1, 0.15) is 0 Å². The number of ether oxygens (including phenoxy) is 2. The highest BCUT2D eigenvalue weighted by Gasteiger charge is 2.05. The van der Waals surface area contributed by atoms with E-state index >= 15 is 0 Å². The first-order valence-corrected chi connectivity index (χ1v) is 6.74. The third kappa shape index (κ3) is 5.41. The lowest BCUT2D eigenvalue weighted by Crippen LogP contribution is -2.23. The van der Waals surface area contributed by atoms with Crippen LogP contribution in [0.15, 0.2) is 24.3 Å². The molecule has 0 aliphatic rings. The van der Waals surface area contributed by atoms with E-state index in [1.165, 1.54) is 6.42 Å². The van der Waals surface area contributed by atoms with Crippen molar-refractivity contribution < 1.29 is 9.47 Å². The van der Waals surface area contributed by atoms with Crippen LogP contribution in [0.5, 0.6) is 11.5 Å². The van der Waals surface area contributed by atoms with Gasteiger partial charge in [0.25, 0.3) is 0 Å². The van der Waals surface area contributed by atoms with Gasteiger partial charge in [-0.2, -0.15) is 0 Å². The third-order valence-corrected chi connectivity index (χ3v) is 2.86. The second-order valence-electron chi connectivity index (χ2n) is 4.60. The Labute approximate surface area is 110 Å². The minimum absolute atomic E-state index is 0.631. The summed E-state index contributed by atoms with van der Waals surface area (Å²) in [6.45, 7) is 7.31. The average Bonchev–Trinajstić information content (AvgIpc) is 2.39. The van der Waals surface area contributed by atoms with E-state index in [1.54, 1.807) is 7.11 Å². The Hall–Kier alpha value is -1.22. The van der Waals surface area contributed by atoms with Crippen molar-refractivity contribution in [1.29, 1.82) is 0 Å². The normalized spacial score (nSPS) is 12.2. The first kappa shape index (κ1) is 14.8. The molecule has 0 bridgehead atoms. The van der Waals surface area contributed by atoms with Gasteiger partial charge in [0.2, 0.25) is 0 Å². The molecule has 1 N–H and O–H groups in total. The van der Waals surface area contributed by atoms with Crippen LogP contribution in [0.1, 0.15) is 26.7 Å². The molecule has 0 amide bonds. The zero-order valence-electron chi connectivity index (χ0n) is 11.7. The van der Waals surface area contributed by atoms with Crippen molar-refractivity contribution >= 4 is 0 Å². The number of rotatable bonds is 9. The van der Waals surface area contributed by atoms with Gasteiger partial charge in [-0.1, -0.05) is 26.0 Å². The fourth-order valence-electron chi connectivity index (χ4n) is 1.74. The van der Waals surface area contributed by atoms with Crippen LogP contribution in [0.4, 0.5) is 0 Å². The van der Waals surface area contributed by atoms with Crippen molar-refractivity contribution in [2.45, 2.75) is 26.7 Å². The highest BCUT2D eigenvalue weighted by molar-refractivity contribution is 5.39. The summed E-state index contributed by atoms with van der Waals surface area (Å²) in [7, 11) is 1.67. The first-order valence-electron chi connectivity index (χ1n) is 6.74. The second-order valence-corrected chi connectivity index (χ2v) is 4.60. The van der Waals surface area contributed by atoms with E-state index in [-0.39, 0.29) is 0 Å². The van der Waals surface area contributed by atoms with Gasteiger partial charge in [0, 0.05) is 0 Å². The van der Waals surface area contributed by atoms with Gasteiger partial charge in [-0.15, -0.1) is 0 Å². The molecule has 1 atom stereocenters.